The van der Waals surface area contributed by atoms with Crippen LogP contribution in [0.2, 0.25) is 0 Å². The van der Waals surface area contributed by atoms with Crippen molar-refractivity contribution in [3.63, 3.8) is 0 Å². The van der Waals surface area contributed by atoms with Crippen LogP contribution in [0.4, 0.5) is 11.4 Å². The first-order valence-corrected chi connectivity index (χ1v) is 7.78. The molecule has 0 amide bonds. The normalized spacial score (nSPS) is 20.8. The summed E-state index contributed by atoms with van der Waals surface area (Å²) in [7, 11) is -3.10. The zero-order valence-corrected chi connectivity index (χ0v) is 12.0. The Morgan fingerprint density at radius 3 is 2.67 bits per heavy atom. The maximum atomic E-state index is 11.2. The summed E-state index contributed by atoms with van der Waals surface area (Å²) in [5.74, 6) is 0.0145. The number of nitrogens with zero attached hydrogens (tertiary/aromatic N) is 1. The van der Waals surface area contributed by atoms with E-state index in [9.17, 15) is 18.5 Å². The molecule has 0 aliphatic carbocycles. The zero-order valence-electron chi connectivity index (χ0n) is 9.04. The molecule has 0 radical (unpaired) electrons. The predicted molar refractivity (Wildman–Crippen MR) is 76.2 cm³/mol. The summed E-state index contributed by atoms with van der Waals surface area (Å²) >= 11 is 1.88. The van der Waals surface area contributed by atoms with Gasteiger partial charge < -0.3 is 5.32 Å². The lowest BCUT2D eigenvalue weighted by molar-refractivity contribution is -0.385. The van der Waals surface area contributed by atoms with E-state index in [1.165, 1.54) is 11.5 Å². The number of nitro groups is 1. The second-order valence-electron chi connectivity index (χ2n) is 3.83. The number of sulfone groups is 1. The van der Waals surface area contributed by atoms with Gasteiger partial charge in [-0.05, 0) is 34.7 Å². The Hall–Kier alpha value is -1.16. The highest BCUT2D eigenvalue weighted by Crippen LogP contribution is 2.25. The third kappa shape index (κ3) is 2.99. The molecule has 18 heavy (non-hydrogen) atoms. The van der Waals surface area contributed by atoms with Crippen molar-refractivity contribution >= 4 is 43.8 Å². The van der Waals surface area contributed by atoms with Crippen molar-refractivity contribution < 1.29 is 13.3 Å². The maximum absolute atomic E-state index is 11.2. The molecule has 1 aliphatic rings. The molecular weight excluding hydrogens is 371 g/mol. The average Bonchev–Trinajstić information content (AvgIpc) is 2.57. The van der Waals surface area contributed by atoms with Crippen LogP contribution < -0.4 is 5.32 Å². The molecule has 1 unspecified atom stereocenters. The van der Waals surface area contributed by atoms with Gasteiger partial charge in [-0.2, -0.15) is 0 Å². The second-order valence-corrected chi connectivity index (χ2v) is 6.93. The largest absolute Gasteiger partial charge is 0.378 e. The molecule has 0 aromatic heterocycles. The van der Waals surface area contributed by atoms with Crippen LogP contribution in [-0.2, 0) is 9.84 Å². The van der Waals surface area contributed by atoms with Crippen LogP contribution in [0.25, 0.3) is 0 Å². The van der Waals surface area contributed by atoms with Crippen molar-refractivity contribution in [2.75, 3.05) is 11.1 Å². The highest BCUT2D eigenvalue weighted by molar-refractivity contribution is 14.1. The van der Waals surface area contributed by atoms with Crippen LogP contribution in [0.3, 0.4) is 0 Å². The summed E-state index contributed by atoms with van der Waals surface area (Å²) in [6, 6.07) is 4.31. The Kier molecular flexibility index (Phi) is 3.57. The third-order valence-corrected chi connectivity index (χ3v) is 4.69. The van der Waals surface area contributed by atoms with Gasteiger partial charge in [0.2, 0.25) is 0 Å². The maximum Gasteiger partial charge on any atom is 0.282 e. The molecule has 0 saturated carbocycles. The topological polar surface area (TPSA) is 89.3 Å². The Morgan fingerprint density at radius 1 is 1.44 bits per heavy atom. The van der Waals surface area contributed by atoms with Crippen molar-refractivity contribution in [2.24, 2.45) is 0 Å². The molecule has 0 bridgehead atoms. The fraction of sp³-hybridized carbons (Fsp3) is 0.200. The fourth-order valence-corrected chi connectivity index (χ4v) is 3.57. The van der Waals surface area contributed by atoms with E-state index in [-0.39, 0.29) is 17.5 Å². The number of hydrogen-bond acceptors (Lipinski definition) is 5. The van der Waals surface area contributed by atoms with Crippen molar-refractivity contribution in [1.29, 1.82) is 0 Å². The van der Waals surface area contributed by atoms with Gasteiger partial charge in [0.25, 0.3) is 5.69 Å². The highest BCUT2D eigenvalue weighted by Gasteiger charge is 2.22. The Bertz CT molecular complexity index is 627. The minimum absolute atomic E-state index is 0.0145. The molecule has 8 heteroatoms. The predicted octanol–water partition coefficient (Wildman–Crippen LogP) is 1.92. The molecule has 96 valence electrons. The molecule has 1 aliphatic heterocycles. The SMILES string of the molecule is O=[N+]([O-])c1ccc(NC2C=CS(=O)(=O)C2)cc1I. The monoisotopic (exact) mass is 380 g/mol. The molecule has 2 rings (SSSR count). The van der Waals surface area contributed by atoms with Gasteiger partial charge in [-0.1, -0.05) is 6.08 Å². The number of nitrogens with one attached hydrogen (secondary N) is 1. The highest BCUT2D eigenvalue weighted by atomic mass is 127. The Morgan fingerprint density at radius 2 is 2.17 bits per heavy atom. The Balaban J connectivity index is 2.15. The number of rotatable bonds is 3. The van der Waals surface area contributed by atoms with Gasteiger partial charge >= 0.3 is 0 Å². The molecule has 0 fully saturated rings. The van der Waals surface area contributed by atoms with Crippen molar-refractivity contribution in [3.8, 4) is 0 Å². The average molecular weight is 380 g/mol. The summed E-state index contributed by atoms with van der Waals surface area (Å²) in [5.41, 5.74) is 0.701. The summed E-state index contributed by atoms with van der Waals surface area (Å²) < 4.78 is 23.0. The van der Waals surface area contributed by atoms with Gasteiger partial charge in [-0.15, -0.1) is 0 Å². The van der Waals surface area contributed by atoms with E-state index in [1.807, 2.05) is 22.6 Å². The minimum atomic E-state index is -3.10. The minimum Gasteiger partial charge on any atom is -0.378 e. The second kappa shape index (κ2) is 4.84. The smallest absolute Gasteiger partial charge is 0.282 e. The zero-order chi connectivity index (χ0) is 13.3. The van der Waals surface area contributed by atoms with E-state index in [0.29, 0.717) is 9.26 Å². The first kappa shape index (κ1) is 13.3. The summed E-state index contributed by atoms with van der Waals surface area (Å²) in [4.78, 5) is 10.2. The first-order valence-electron chi connectivity index (χ1n) is 4.99. The van der Waals surface area contributed by atoms with Crippen LogP contribution >= 0.6 is 22.6 Å². The van der Waals surface area contributed by atoms with Crippen molar-refractivity contribution in [3.05, 3.63) is 43.4 Å². The van der Waals surface area contributed by atoms with Gasteiger partial charge in [-0.25, -0.2) is 8.42 Å². The van der Waals surface area contributed by atoms with Crippen LogP contribution in [0, 0.1) is 13.7 Å². The fourth-order valence-electron chi connectivity index (χ4n) is 1.62. The summed E-state index contributed by atoms with van der Waals surface area (Å²) in [6.07, 6.45) is 1.57. The van der Waals surface area contributed by atoms with E-state index < -0.39 is 14.8 Å². The van der Waals surface area contributed by atoms with Gasteiger partial charge in [0, 0.05) is 17.2 Å². The van der Waals surface area contributed by atoms with E-state index in [4.69, 9.17) is 0 Å². The molecule has 1 aromatic carbocycles. The molecule has 1 heterocycles. The van der Waals surface area contributed by atoms with E-state index in [2.05, 4.69) is 5.32 Å². The molecule has 0 spiro atoms. The van der Waals surface area contributed by atoms with Crippen molar-refractivity contribution in [2.45, 2.75) is 6.04 Å². The number of benzene rings is 1. The lowest BCUT2D eigenvalue weighted by Gasteiger charge is -2.11. The third-order valence-electron chi connectivity index (χ3n) is 2.43. The molecule has 0 saturated heterocycles. The molecule has 1 aromatic rings. The van der Waals surface area contributed by atoms with E-state index >= 15 is 0 Å². The van der Waals surface area contributed by atoms with Gasteiger partial charge in [0.15, 0.2) is 9.84 Å². The lowest BCUT2D eigenvalue weighted by atomic mass is 10.2. The molecule has 1 N–H and O–H groups in total. The van der Waals surface area contributed by atoms with E-state index in [1.54, 1.807) is 18.2 Å². The Labute approximate surface area is 117 Å². The van der Waals surface area contributed by atoms with Crippen LogP contribution in [0.1, 0.15) is 0 Å². The van der Waals surface area contributed by atoms with Crippen LogP contribution in [-0.4, -0.2) is 25.1 Å². The standard InChI is InChI=1S/C10H9IN2O4S/c11-9-5-7(1-2-10(9)13(14)15)12-8-3-4-18(16,17)6-8/h1-5,8,12H,6H2. The van der Waals surface area contributed by atoms with Gasteiger partial charge in [0.1, 0.15) is 0 Å². The quantitative estimate of drug-likeness (QED) is 0.492. The van der Waals surface area contributed by atoms with E-state index in [0.717, 1.165) is 0 Å². The van der Waals surface area contributed by atoms with Crippen LogP contribution in [0.15, 0.2) is 29.7 Å². The van der Waals surface area contributed by atoms with Gasteiger partial charge in [0.05, 0.1) is 20.3 Å². The number of hydrogen-bond donors (Lipinski definition) is 1. The van der Waals surface area contributed by atoms with Gasteiger partial charge in [-0.3, -0.25) is 10.1 Å². The molecule has 6 nitrogen and oxygen atoms in total. The summed E-state index contributed by atoms with van der Waals surface area (Å²) in [6.45, 7) is 0. The number of halogens is 1. The molecular formula is C10H9IN2O4S. The van der Waals surface area contributed by atoms with Crippen molar-refractivity contribution in [1.82, 2.24) is 0 Å². The van der Waals surface area contributed by atoms with Crippen LogP contribution in [0.5, 0.6) is 0 Å². The number of anilines is 1. The molecule has 1 atom stereocenters. The lowest BCUT2D eigenvalue weighted by Crippen LogP contribution is -2.20. The first-order chi connectivity index (χ1) is 8.37. The number of nitro benzene ring substituents is 1. The summed E-state index contributed by atoms with van der Waals surface area (Å²) in [5, 5.41) is 14.8.